The van der Waals surface area contributed by atoms with Crippen molar-refractivity contribution in [3.8, 4) is 0 Å². The number of hydrogen-bond acceptors (Lipinski definition) is 1. The van der Waals surface area contributed by atoms with E-state index < -0.39 is 0 Å². The first-order valence-corrected chi connectivity index (χ1v) is 5.99. The van der Waals surface area contributed by atoms with Gasteiger partial charge in [0.15, 0.2) is 0 Å². The van der Waals surface area contributed by atoms with Crippen molar-refractivity contribution in [2.24, 2.45) is 0 Å². The van der Waals surface area contributed by atoms with Crippen LogP contribution in [0.4, 0.5) is 0 Å². The SMILES string of the molecule is OC1CCC(c2ccccc2Br)CC1. The lowest BCUT2D eigenvalue weighted by molar-refractivity contribution is 0.122. The lowest BCUT2D eigenvalue weighted by Crippen LogP contribution is -2.17. The van der Waals surface area contributed by atoms with Crippen LogP contribution in [-0.2, 0) is 0 Å². The van der Waals surface area contributed by atoms with Crippen molar-refractivity contribution < 1.29 is 5.11 Å². The minimum Gasteiger partial charge on any atom is -0.393 e. The molecule has 1 aromatic rings. The molecule has 14 heavy (non-hydrogen) atoms. The predicted octanol–water partition coefficient (Wildman–Crippen LogP) is 3.47. The van der Waals surface area contributed by atoms with E-state index in [1.807, 2.05) is 6.07 Å². The largest absolute Gasteiger partial charge is 0.393 e. The molecule has 1 aromatic carbocycles. The summed E-state index contributed by atoms with van der Waals surface area (Å²) < 4.78 is 1.21. The zero-order valence-corrected chi connectivity index (χ0v) is 9.70. The summed E-state index contributed by atoms with van der Waals surface area (Å²) in [5.41, 5.74) is 1.40. The van der Waals surface area contributed by atoms with E-state index in [1.165, 1.54) is 10.0 Å². The minimum atomic E-state index is -0.0614. The molecule has 1 aliphatic carbocycles. The summed E-state index contributed by atoms with van der Waals surface area (Å²) in [6.07, 6.45) is 4.07. The van der Waals surface area contributed by atoms with Gasteiger partial charge in [-0.15, -0.1) is 0 Å². The van der Waals surface area contributed by atoms with Gasteiger partial charge in [0.05, 0.1) is 6.10 Å². The van der Waals surface area contributed by atoms with Crippen LogP contribution in [0.1, 0.15) is 37.2 Å². The van der Waals surface area contributed by atoms with E-state index in [4.69, 9.17) is 0 Å². The molecule has 0 aromatic heterocycles. The van der Waals surface area contributed by atoms with Gasteiger partial charge < -0.3 is 5.11 Å². The minimum absolute atomic E-state index is 0.0614. The van der Waals surface area contributed by atoms with Crippen LogP contribution < -0.4 is 0 Å². The molecular weight excluding hydrogens is 240 g/mol. The van der Waals surface area contributed by atoms with Gasteiger partial charge in [0.2, 0.25) is 0 Å². The Kier molecular flexibility index (Phi) is 3.24. The number of rotatable bonds is 1. The van der Waals surface area contributed by atoms with E-state index in [0.29, 0.717) is 5.92 Å². The number of aliphatic hydroxyl groups is 1. The lowest BCUT2D eigenvalue weighted by Gasteiger charge is -2.26. The topological polar surface area (TPSA) is 20.2 Å². The molecule has 0 unspecified atom stereocenters. The third kappa shape index (κ3) is 2.18. The second kappa shape index (κ2) is 4.45. The second-order valence-corrected chi connectivity index (χ2v) is 4.88. The van der Waals surface area contributed by atoms with Crippen LogP contribution in [0.15, 0.2) is 28.7 Å². The molecule has 0 aliphatic heterocycles. The highest BCUT2D eigenvalue weighted by atomic mass is 79.9. The Hall–Kier alpha value is -0.340. The maximum Gasteiger partial charge on any atom is 0.0540 e. The van der Waals surface area contributed by atoms with Crippen molar-refractivity contribution in [1.29, 1.82) is 0 Å². The molecule has 76 valence electrons. The fourth-order valence-electron chi connectivity index (χ4n) is 2.19. The maximum absolute atomic E-state index is 9.43. The molecule has 0 radical (unpaired) electrons. The van der Waals surface area contributed by atoms with Crippen molar-refractivity contribution >= 4 is 15.9 Å². The number of aliphatic hydroxyl groups excluding tert-OH is 1. The summed E-state index contributed by atoms with van der Waals surface area (Å²) >= 11 is 3.58. The fraction of sp³-hybridized carbons (Fsp3) is 0.500. The lowest BCUT2D eigenvalue weighted by atomic mass is 9.83. The predicted molar refractivity (Wildman–Crippen MR) is 61.4 cm³/mol. The molecule has 0 atom stereocenters. The summed E-state index contributed by atoms with van der Waals surface area (Å²) in [6, 6.07) is 8.42. The molecule has 2 rings (SSSR count). The highest BCUT2D eigenvalue weighted by Crippen LogP contribution is 2.36. The quantitative estimate of drug-likeness (QED) is 0.814. The van der Waals surface area contributed by atoms with Crippen LogP contribution in [0.25, 0.3) is 0 Å². The molecule has 0 amide bonds. The zero-order chi connectivity index (χ0) is 9.97. The average molecular weight is 255 g/mol. The molecule has 0 heterocycles. The first-order valence-electron chi connectivity index (χ1n) is 5.20. The summed E-state index contributed by atoms with van der Waals surface area (Å²) in [5, 5.41) is 9.43. The van der Waals surface area contributed by atoms with E-state index >= 15 is 0 Å². The Morgan fingerprint density at radius 3 is 2.36 bits per heavy atom. The van der Waals surface area contributed by atoms with Gasteiger partial charge in [-0.3, -0.25) is 0 Å². The Bertz CT molecular complexity index is 303. The normalized spacial score (nSPS) is 27.6. The molecule has 2 heteroatoms. The summed E-state index contributed by atoms with van der Waals surface area (Å²) in [6.45, 7) is 0. The van der Waals surface area contributed by atoms with E-state index in [0.717, 1.165) is 25.7 Å². The number of benzene rings is 1. The number of halogens is 1. The van der Waals surface area contributed by atoms with Crippen molar-refractivity contribution in [1.82, 2.24) is 0 Å². The summed E-state index contributed by atoms with van der Waals surface area (Å²) in [4.78, 5) is 0. The Labute approximate surface area is 93.3 Å². The van der Waals surface area contributed by atoms with Gasteiger partial charge in [0, 0.05) is 4.47 Å². The fourth-order valence-corrected chi connectivity index (χ4v) is 2.80. The molecule has 1 aliphatic rings. The standard InChI is InChI=1S/C12H15BrO/c13-12-4-2-1-3-11(12)9-5-7-10(14)8-6-9/h1-4,9-10,14H,5-8H2. The smallest absolute Gasteiger partial charge is 0.0540 e. The molecular formula is C12H15BrO. The average Bonchev–Trinajstić information content (AvgIpc) is 2.20. The van der Waals surface area contributed by atoms with E-state index in [-0.39, 0.29) is 6.10 Å². The highest BCUT2D eigenvalue weighted by molar-refractivity contribution is 9.10. The first-order chi connectivity index (χ1) is 6.77. The molecule has 1 N–H and O–H groups in total. The van der Waals surface area contributed by atoms with Crippen molar-refractivity contribution in [2.45, 2.75) is 37.7 Å². The molecule has 0 saturated heterocycles. The Morgan fingerprint density at radius 2 is 1.71 bits per heavy atom. The molecule has 1 fully saturated rings. The second-order valence-electron chi connectivity index (χ2n) is 4.03. The van der Waals surface area contributed by atoms with Crippen LogP contribution in [-0.4, -0.2) is 11.2 Å². The monoisotopic (exact) mass is 254 g/mol. The van der Waals surface area contributed by atoms with E-state index in [9.17, 15) is 5.11 Å². The zero-order valence-electron chi connectivity index (χ0n) is 8.12. The molecule has 1 nitrogen and oxygen atoms in total. The van der Waals surface area contributed by atoms with Crippen molar-refractivity contribution in [3.63, 3.8) is 0 Å². The highest BCUT2D eigenvalue weighted by Gasteiger charge is 2.21. The molecule has 0 bridgehead atoms. The van der Waals surface area contributed by atoms with Crippen LogP contribution in [0.2, 0.25) is 0 Å². The van der Waals surface area contributed by atoms with Crippen molar-refractivity contribution in [2.75, 3.05) is 0 Å². The summed E-state index contributed by atoms with van der Waals surface area (Å²) in [5.74, 6) is 0.633. The maximum atomic E-state index is 9.43. The van der Waals surface area contributed by atoms with Gasteiger partial charge >= 0.3 is 0 Å². The van der Waals surface area contributed by atoms with Crippen LogP contribution in [0.3, 0.4) is 0 Å². The van der Waals surface area contributed by atoms with Crippen LogP contribution in [0.5, 0.6) is 0 Å². The van der Waals surface area contributed by atoms with Gasteiger partial charge in [-0.05, 0) is 43.2 Å². The van der Waals surface area contributed by atoms with Gasteiger partial charge in [-0.2, -0.15) is 0 Å². The van der Waals surface area contributed by atoms with Gasteiger partial charge in [-0.25, -0.2) is 0 Å². The van der Waals surface area contributed by atoms with Gasteiger partial charge in [0.1, 0.15) is 0 Å². The molecule has 1 saturated carbocycles. The Balaban J connectivity index is 2.12. The van der Waals surface area contributed by atoms with Crippen LogP contribution in [0, 0.1) is 0 Å². The van der Waals surface area contributed by atoms with E-state index in [1.54, 1.807) is 0 Å². The van der Waals surface area contributed by atoms with Crippen molar-refractivity contribution in [3.05, 3.63) is 34.3 Å². The Morgan fingerprint density at radius 1 is 1.07 bits per heavy atom. The summed E-state index contributed by atoms with van der Waals surface area (Å²) in [7, 11) is 0. The van der Waals surface area contributed by atoms with Crippen LogP contribution >= 0.6 is 15.9 Å². The molecule has 0 spiro atoms. The van der Waals surface area contributed by atoms with E-state index in [2.05, 4.69) is 34.1 Å². The third-order valence-electron chi connectivity index (χ3n) is 3.04. The first kappa shape index (κ1) is 10.2. The number of hydrogen-bond donors (Lipinski definition) is 1. The third-order valence-corrected chi connectivity index (χ3v) is 3.76. The van der Waals surface area contributed by atoms with Gasteiger partial charge in [0.25, 0.3) is 0 Å². The van der Waals surface area contributed by atoms with Gasteiger partial charge in [-0.1, -0.05) is 34.1 Å².